The minimum atomic E-state index is 0.0677. The van der Waals surface area contributed by atoms with Crippen molar-refractivity contribution in [2.75, 3.05) is 0 Å². The van der Waals surface area contributed by atoms with E-state index in [0.717, 1.165) is 21.6 Å². The van der Waals surface area contributed by atoms with E-state index in [1.54, 1.807) is 0 Å². The topological polar surface area (TPSA) is 83.7 Å². The molecule has 0 spiro atoms. The van der Waals surface area contributed by atoms with Gasteiger partial charge in [-0.05, 0) is 17.0 Å². The molecule has 2 aromatic rings. The minimum Gasteiger partial charge on any atom is -0.192 e. The predicted molar refractivity (Wildman–Crippen MR) is 79.3 cm³/mol. The van der Waals surface area contributed by atoms with Gasteiger partial charge in [-0.25, -0.2) is 0 Å². The molecule has 0 unspecified atom stereocenters. The van der Waals surface area contributed by atoms with E-state index >= 15 is 0 Å². The Hall–Kier alpha value is -3.20. The Morgan fingerprint density at radius 3 is 2.33 bits per heavy atom. The highest BCUT2D eigenvalue weighted by molar-refractivity contribution is 7.12. The second-order valence-corrected chi connectivity index (χ2v) is 5.16. The van der Waals surface area contributed by atoms with E-state index in [1.165, 1.54) is 11.3 Å². The lowest BCUT2D eigenvalue weighted by atomic mass is 9.83. The van der Waals surface area contributed by atoms with Crippen molar-refractivity contribution in [1.82, 2.24) is 0 Å². The van der Waals surface area contributed by atoms with Crippen molar-refractivity contribution in [2.45, 2.75) is 0 Å². The van der Waals surface area contributed by atoms with Crippen molar-refractivity contribution in [1.29, 1.82) is 15.8 Å². The van der Waals surface area contributed by atoms with Gasteiger partial charge in [0.2, 0.25) is 6.19 Å². The average molecular weight is 286 g/mol. The molecule has 0 N–H and O–H groups in total. The maximum absolute atomic E-state index is 9.23. The van der Waals surface area contributed by atoms with E-state index in [9.17, 15) is 10.5 Å². The number of allylic oxidation sites excluding steroid dienone is 1. The number of rotatable bonds is 0. The van der Waals surface area contributed by atoms with Crippen LogP contribution < -0.4 is 0 Å². The van der Waals surface area contributed by atoms with Crippen molar-refractivity contribution in [3.8, 4) is 18.3 Å². The van der Waals surface area contributed by atoms with Gasteiger partial charge in [0.15, 0.2) is 0 Å². The maximum atomic E-state index is 9.23. The van der Waals surface area contributed by atoms with E-state index < -0.39 is 0 Å². The Balaban J connectivity index is 2.48. The van der Waals surface area contributed by atoms with Crippen molar-refractivity contribution in [3.63, 3.8) is 0 Å². The SMILES string of the molecule is N#CN=C1c2ccccc2C(=C(C#N)C#N)c2ccsc21. The molecular weight excluding hydrogens is 280 g/mol. The molecule has 0 atom stereocenters. The van der Waals surface area contributed by atoms with Crippen LogP contribution in [0, 0.1) is 34.1 Å². The average Bonchev–Trinajstić information content (AvgIpc) is 3.00. The molecule has 1 aromatic carbocycles. The highest BCUT2D eigenvalue weighted by Crippen LogP contribution is 2.40. The fraction of sp³-hybridized carbons (Fsp3) is 0. The van der Waals surface area contributed by atoms with Crippen molar-refractivity contribution < 1.29 is 0 Å². The summed E-state index contributed by atoms with van der Waals surface area (Å²) in [6.07, 6.45) is 1.83. The zero-order valence-corrected chi connectivity index (χ0v) is 11.5. The van der Waals surface area contributed by atoms with Crippen LogP contribution in [0.1, 0.15) is 21.6 Å². The maximum Gasteiger partial charge on any atom is 0.206 e. The lowest BCUT2D eigenvalue weighted by Gasteiger charge is -2.20. The lowest BCUT2D eigenvalue weighted by Crippen LogP contribution is -2.13. The number of nitrogens with zero attached hydrogens (tertiary/aromatic N) is 4. The molecule has 0 saturated heterocycles. The summed E-state index contributed by atoms with van der Waals surface area (Å²) in [5.41, 5.74) is 3.59. The smallest absolute Gasteiger partial charge is 0.192 e. The summed E-state index contributed by atoms with van der Waals surface area (Å²) in [6, 6.07) is 13.1. The summed E-state index contributed by atoms with van der Waals surface area (Å²) < 4.78 is 0. The van der Waals surface area contributed by atoms with E-state index in [4.69, 9.17) is 5.26 Å². The first-order valence-electron chi connectivity index (χ1n) is 6.01. The number of hydrogen-bond donors (Lipinski definition) is 0. The van der Waals surface area contributed by atoms with Gasteiger partial charge in [0.25, 0.3) is 0 Å². The molecular formula is C16H6N4S. The van der Waals surface area contributed by atoms with Crippen LogP contribution in [-0.4, -0.2) is 5.71 Å². The number of hydrogen-bond acceptors (Lipinski definition) is 5. The number of aliphatic imine (C=N–C) groups is 1. The Morgan fingerprint density at radius 2 is 1.67 bits per heavy atom. The summed E-state index contributed by atoms with van der Waals surface area (Å²) in [6.45, 7) is 0. The normalized spacial score (nSPS) is 13.6. The molecule has 4 nitrogen and oxygen atoms in total. The second kappa shape index (κ2) is 5.06. The van der Waals surface area contributed by atoms with Gasteiger partial charge in [-0.15, -0.1) is 11.3 Å². The number of fused-ring (bicyclic) bond motifs is 2. The van der Waals surface area contributed by atoms with Gasteiger partial charge in [0.1, 0.15) is 23.4 Å². The van der Waals surface area contributed by atoms with E-state index in [-0.39, 0.29) is 5.57 Å². The van der Waals surface area contributed by atoms with Gasteiger partial charge in [-0.1, -0.05) is 24.3 Å². The first-order valence-corrected chi connectivity index (χ1v) is 6.89. The monoisotopic (exact) mass is 286 g/mol. The van der Waals surface area contributed by atoms with Gasteiger partial charge in [0.05, 0.1) is 4.88 Å². The van der Waals surface area contributed by atoms with E-state index in [0.29, 0.717) is 11.3 Å². The molecule has 1 heterocycles. The molecule has 1 aromatic heterocycles. The van der Waals surface area contributed by atoms with Crippen molar-refractivity contribution >= 4 is 22.6 Å². The molecule has 1 aliphatic carbocycles. The summed E-state index contributed by atoms with van der Waals surface area (Å²) in [5, 5.41) is 29.2. The predicted octanol–water partition coefficient (Wildman–Crippen LogP) is 3.23. The molecule has 0 fully saturated rings. The minimum absolute atomic E-state index is 0.0677. The van der Waals surface area contributed by atoms with Gasteiger partial charge in [-0.2, -0.15) is 20.8 Å². The highest BCUT2D eigenvalue weighted by Gasteiger charge is 2.28. The molecule has 5 heteroatoms. The van der Waals surface area contributed by atoms with Gasteiger partial charge in [-0.3, -0.25) is 0 Å². The van der Waals surface area contributed by atoms with Crippen LogP contribution in [0.15, 0.2) is 46.3 Å². The first kappa shape index (κ1) is 12.8. The highest BCUT2D eigenvalue weighted by atomic mass is 32.1. The van der Waals surface area contributed by atoms with Crippen LogP contribution in [0.4, 0.5) is 0 Å². The molecule has 0 aliphatic heterocycles. The molecule has 0 amide bonds. The number of thiophene rings is 1. The zero-order valence-electron chi connectivity index (χ0n) is 10.7. The third-order valence-corrected chi connectivity index (χ3v) is 4.16. The largest absolute Gasteiger partial charge is 0.206 e. The second-order valence-electron chi connectivity index (χ2n) is 4.24. The fourth-order valence-corrected chi connectivity index (χ4v) is 3.34. The van der Waals surface area contributed by atoms with Crippen LogP contribution in [0.5, 0.6) is 0 Å². The van der Waals surface area contributed by atoms with Gasteiger partial charge < -0.3 is 0 Å². The molecule has 0 saturated carbocycles. The Kier molecular flexibility index (Phi) is 3.09. The third-order valence-electron chi connectivity index (χ3n) is 3.24. The summed E-state index contributed by atoms with van der Waals surface area (Å²) in [7, 11) is 0. The molecule has 21 heavy (non-hydrogen) atoms. The molecule has 0 bridgehead atoms. The van der Waals surface area contributed by atoms with Crippen LogP contribution in [0.25, 0.3) is 5.57 Å². The number of nitriles is 3. The molecule has 3 rings (SSSR count). The Bertz CT molecular complexity index is 910. The summed E-state index contributed by atoms with van der Waals surface area (Å²) >= 11 is 1.44. The summed E-state index contributed by atoms with van der Waals surface area (Å²) in [5.74, 6) is 0. The van der Waals surface area contributed by atoms with Crippen molar-refractivity contribution in [2.24, 2.45) is 4.99 Å². The quantitative estimate of drug-likeness (QED) is 0.469. The third kappa shape index (κ3) is 1.83. The Labute approximate surface area is 125 Å². The van der Waals surface area contributed by atoms with Crippen LogP contribution >= 0.6 is 11.3 Å². The molecule has 0 radical (unpaired) electrons. The van der Waals surface area contributed by atoms with Crippen LogP contribution in [-0.2, 0) is 0 Å². The fourth-order valence-electron chi connectivity index (χ4n) is 2.43. The molecule has 96 valence electrons. The zero-order chi connectivity index (χ0) is 14.8. The van der Waals surface area contributed by atoms with E-state index in [2.05, 4.69) is 4.99 Å². The van der Waals surface area contributed by atoms with E-state index in [1.807, 2.05) is 54.0 Å². The summed E-state index contributed by atoms with van der Waals surface area (Å²) in [4.78, 5) is 4.74. The van der Waals surface area contributed by atoms with Crippen molar-refractivity contribution in [3.05, 3.63) is 62.9 Å². The Morgan fingerprint density at radius 1 is 0.952 bits per heavy atom. The van der Waals surface area contributed by atoms with Crippen LogP contribution in [0.3, 0.4) is 0 Å². The first-order chi connectivity index (χ1) is 10.3. The lowest BCUT2D eigenvalue weighted by molar-refractivity contribution is 1.40. The standard InChI is InChI=1S/C16H6N4S/c17-7-10(8-18)14-11-3-1-2-4-12(11)15(20-9-19)16-13(14)5-6-21-16/h1-6H. The van der Waals surface area contributed by atoms with Gasteiger partial charge >= 0.3 is 0 Å². The molecule has 1 aliphatic rings. The van der Waals surface area contributed by atoms with Gasteiger partial charge in [0, 0.05) is 16.7 Å². The number of benzene rings is 1. The van der Waals surface area contributed by atoms with Crippen LogP contribution in [0.2, 0.25) is 0 Å².